The van der Waals surface area contributed by atoms with Crippen molar-refractivity contribution in [2.24, 2.45) is 16.7 Å². The number of nitrogens with zero attached hydrogens (tertiary/aromatic N) is 1. The molecular formula is C24H35NO5. The molecule has 1 heterocycles. The van der Waals surface area contributed by atoms with Crippen LogP contribution in [0.5, 0.6) is 11.5 Å². The minimum Gasteiger partial charge on any atom is -0.493 e. The largest absolute Gasteiger partial charge is 0.493 e. The van der Waals surface area contributed by atoms with E-state index in [1.165, 1.54) is 7.11 Å². The van der Waals surface area contributed by atoms with Crippen molar-refractivity contribution in [2.75, 3.05) is 26.9 Å². The first-order chi connectivity index (χ1) is 14.0. The third kappa shape index (κ3) is 5.08. The van der Waals surface area contributed by atoms with E-state index < -0.39 is 5.97 Å². The molecule has 1 saturated carbocycles. The maximum atomic E-state index is 12.8. The first-order valence-corrected chi connectivity index (χ1v) is 10.8. The number of likely N-dealkylation sites (tertiary alicyclic amines) is 1. The summed E-state index contributed by atoms with van der Waals surface area (Å²) in [5.74, 6) is 0.784. The van der Waals surface area contributed by atoms with E-state index in [0.717, 1.165) is 25.8 Å². The lowest BCUT2D eigenvalue weighted by atomic mass is 9.65. The fourth-order valence-corrected chi connectivity index (χ4v) is 5.22. The Bertz CT molecular complexity index is 803. The monoisotopic (exact) mass is 417 g/mol. The highest BCUT2D eigenvalue weighted by atomic mass is 16.5. The summed E-state index contributed by atoms with van der Waals surface area (Å²) in [6.45, 7) is 12.0. The zero-order valence-electron chi connectivity index (χ0n) is 19.1. The number of hydrogen-bond donors (Lipinski definition) is 0. The highest BCUT2D eigenvalue weighted by Crippen LogP contribution is 2.52. The van der Waals surface area contributed by atoms with E-state index in [-0.39, 0.29) is 29.4 Å². The van der Waals surface area contributed by atoms with Gasteiger partial charge in [-0.15, -0.1) is 0 Å². The van der Waals surface area contributed by atoms with E-state index in [0.29, 0.717) is 29.6 Å². The van der Waals surface area contributed by atoms with Crippen molar-refractivity contribution in [3.05, 3.63) is 23.8 Å². The van der Waals surface area contributed by atoms with Crippen molar-refractivity contribution in [1.29, 1.82) is 0 Å². The van der Waals surface area contributed by atoms with E-state index in [9.17, 15) is 9.59 Å². The molecule has 1 amide bonds. The number of methoxy groups -OCH3 is 1. The van der Waals surface area contributed by atoms with E-state index in [1.54, 1.807) is 18.2 Å². The number of carbonyl (C=O) groups excluding carboxylic acids is 2. The van der Waals surface area contributed by atoms with Crippen LogP contribution in [0.4, 0.5) is 0 Å². The molecule has 2 bridgehead atoms. The molecule has 1 aliphatic carbocycles. The number of fused-ring (bicyclic) bond motifs is 2. The van der Waals surface area contributed by atoms with Crippen LogP contribution in [0.3, 0.4) is 0 Å². The summed E-state index contributed by atoms with van der Waals surface area (Å²) < 4.78 is 16.4. The van der Waals surface area contributed by atoms with Crippen LogP contribution in [0.25, 0.3) is 0 Å². The van der Waals surface area contributed by atoms with Crippen LogP contribution in [0.1, 0.15) is 64.2 Å². The Morgan fingerprint density at radius 2 is 1.90 bits per heavy atom. The number of ether oxygens (including phenoxy) is 3. The van der Waals surface area contributed by atoms with Crippen molar-refractivity contribution in [2.45, 2.75) is 59.9 Å². The highest BCUT2D eigenvalue weighted by molar-refractivity contribution is 5.92. The van der Waals surface area contributed by atoms with Gasteiger partial charge in [0.2, 0.25) is 0 Å². The SMILES string of the molecule is COc1cc(C(=O)OCC(=O)N2C[C@]3(C)C[C@H]2CC(C)(C)C3)ccc1OCC(C)C. The molecule has 0 aromatic heterocycles. The fourth-order valence-electron chi connectivity index (χ4n) is 5.22. The van der Waals surface area contributed by atoms with Crippen LogP contribution in [-0.4, -0.2) is 49.7 Å². The second kappa shape index (κ2) is 8.48. The molecule has 0 unspecified atom stereocenters. The standard InChI is InChI=1S/C24H35NO5/c1-16(2)12-29-19-8-7-17(9-20(19)28-6)22(27)30-13-21(26)25-15-24(5)11-18(25)10-23(3,4)14-24/h7-9,16,18H,10-15H2,1-6H3/t18-,24-/m1/s1. The van der Waals surface area contributed by atoms with Crippen LogP contribution < -0.4 is 9.47 Å². The Hall–Kier alpha value is -2.24. The van der Waals surface area contributed by atoms with Crippen LogP contribution in [-0.2, 0) is 9.53 Å². The topological polar surface area (TPSA) is 65.1 Å². The van der Waals surface area contributed by atoms with E-state index >= 15 is 0 Å². The summed E-state index contributed by atoms with van der Waals surface area (Å²) >= 11 is 0. The van der Waals surface area contributed by atoms with Gasteiger partial charge in [0.05, 0.1) is 19.3 Å². The second-order valence-corrected chi connectivity index (χ2v) is 10.4. The van der Waals surface area contributed by atoms with Gasteiger partial charge >= 0.3 is 5.97 Å². The maximum Gasteiger partial charge on any atom is 0.338 e. The van der Waals surface area contributed by atoms with Crippen molar-refractivity contribution >= 4 is 11.9 Å². The number of rotatable bonds is 7. The van der Waals surface area contributed by atoms with Crippen molar-refractivity contribution in [3.8, 4) is 11.5 Å². The van der Waals surface area contributed by atoms with Crippen LogP contribution in [0, 0.1) is 16.7 Å². The van der Waals surface area contributed by atoms with Gasteiger partial charge in [-0.1, -0.05) is 34.6 Å². The molecule has 3 rings (SSSR count). The predicted molar refractivity (Wildman–Crippen MR) is 115 cm³/mol. The van der Waals surface area contributed by atoms with E-state index in [1.807, 2.05) is 4.90 Å². The molecule has 1 aromatic rings. The van der Waals surface area contributed by atoms with Crippen LogP contribution >= 0.6 is 0 Å². The zero-order chi connectivity index (χ0) is 22.1. The summed E-state index contributed by atoms with van der Waals surface area (Å²) in [7, 11) is 1.53. The van der Waals surface area contributed by atoms with Gasteiger partial charge in [0.15, 0.2) is 18.1 Å². The van der Waals surface area contributed by atoms with Crippen LogP contribution in [0.15, 0.2) is 18.2 Å². The van der Waals surface area contributed by atoms with Gasteiger partial charge in [0, 0.05) is 12.6 Å². The molecule has 2 aliphatic rings. The summed E-state index contributed by atoms with van der Waals surface area (Å²) in [5.41, 5.74) is 0.731. The average molecular weight is 418 g/mol. The lowest BCUT2D eigenvalue weighted by Crippen LogP contribution is -2.39. The second-order valence-electron chi connectivity index (χ2n) is 10.4. The molecule has 30 heavy (non-hydrogen) atoms. The Kier molecular flexibility index (Phi) is 6.34. The predicted octanol–water partition coefficient (Wildman–Crippen LogP) is 4.31. The molecule has 6 nitrogen and oxygen atoms in total. The molecule has 2 atom stereocenters. The molecule has 1 saturated heterocycles. The van der Waals surface area contributed by atoms with Gasteiger partial charge < -0.3 is 19.1 Å². The highest BCUT2D eigenvalue weighted by Gasteiger charge is 2.50. The Morgan fingerprint density at radius 1 is 1.17 bits per heavy atom. The molecular weight excluding hydrogens is 382 g/mol. The molecule has 2 fully saturated rings. The summed E-state index contributed by atoms with van der Waals surface area (Å²) in [5, 5.41) is 0. The summed E-state index contributed by atoms with van der Waals surface area (Å²) in [4.78, 5) is 27.2. The van der Waals surface area contributed by atoms with Gasteiger partial charge in [-0.05, 0) is 54.2 Å². The number of amides is 1. The Balaban J connectivity index is 1.60. The minimum absolute atomic E-state index is 0.112. The zero-order valence-corrected chi connectivity index (χ0v) is 19.1. The van der Waals surface area contributed by atoms with Gasteiger partial charge in [-0.2, -0.15) is 0 Å². The first kappa shape index (κ1) is 22.4. The molecule has 0 radical (unpaired) electrons. The summed E-state index contributed by atoms with van der Waals surface area (Å²) in [6.07, 6.45) is 3.15. The fraction of sp³-hybridized carbons (Fsp3) is 0.667. The van der Waals surface area contributed by atoms with Crippen molar-refractivity contribution < 1.29 is 23.8 Å². The molecule has 6 heteroatoms. The third-order valence-electron chi connectivity index (χ3n) is 6.03. The van der Waals surface area contributed by atoms with Gasteiger partial charge in [-0.25, -0.2) is 4.79 Å². The van der Waals surface area contributed by atoms with Gasteiger partial charge in [0.1, 0.15) is 0 Å². The van der Waals surface area contributed by atoms with Gasteiger partial charge in [0.25, 0.3) is 5.91 Å². The molecule has 0 spiro atoms. The maximum absolute atomic E-state index is 12.8. The van der Waals surface area contributed by atoms with Crippen molar-refractivity contribution in [1.82, 2.24) is 4.90 Å². The number of benzene rings is 1. The summed E-state index contributed by atoms with van der Waals surface area (Å²) in [6, 6.07) is 5.17. The normalized spacial score (nSPS) is 24.6. The smallest absolute Gasteiger partial charge is 0.338 e. The van der Waals surface area contributed by atoms with E-state index in [2.05, 4.69) is 34.6 Å². The first-order valence-electron chi connectivity index (χ1n) is 10.8. The van der Waals surface area contributed by atoms with Crippen LogP contribution in [0.2, 0.25) is 0 Å². The Morgan fingerprint density at radius 3 is 2.57 bits per heavy atom. The molecule has 0 N–H and O–H groups in total. The number of hydrogen-bond acceptors (Lipinski definition) is 5. The Labute approximate surface area is 179 Å². The quantitative estimate of drug-likeness (QED) is 0.619. The van der Waals surface area contributed by atoms with Gasteiger partial charge in [-0.3, -0.25) is 4.79 Å². The minimum atomic E-state index is -0.536. The number of carbonyl (C=O) groups is 2. The number of esters is 1. The lowest BCUT2D eigenvalue weighted by Gasteiger charge is -2.39. The third-order valence-corrected chi connectivity index (χ3v) is 6.03. The lowest BCUT2D eigenvalue weighted by molar-refractivity contribution is -0.135. The average Bonchev–Trinajstić information content (AvgIpc) is 2.92. The molecule has 166 valence electrons. The van der Waals surface area contributed by atoms with E-state index in [4.69, 9.17) is 14.2 Å². The van der Waals surface area contributed by atoms with Crippen molar-refractivity contribution in [3.63, 3.8) is 0 Å². The molecule has 1 aromatic carbocycles. The molecule has 1 aliphatic heterocycles.